The van der Waals surface area contributed by atoms with Crippen molar-refractivity contribution in [3.8, 4) is 5.75 Å². The molecule has 0 spiro atoms. The number of rotatable bonds is 10. The molecule has 0 amide bonds. The second-order valence-electron chi connectivity index (χ2n) is 8.45. The molecule has 178 valence electrons. The fourth-order valence-electron chi connectivity index (χ4n) is 4.29. The van der Waals surface area contributed by atoms with Gasteiger partial charge in [-0.25, -0.2) is 4.39 Å². The van der Waals surface area contributed by atoms with Crippen molar-refractivity contribution in [3.05, 3.63) is 106 Å². The summed E-state index contributed by atoms with van der Waals surface area (Å²) in [5.74, 6) is -0.572. The molecule has 4 rings (SSSR count). The SMILES string of the molecule is O=[N+]([O-])c1ccc(F)cc1OCCCN1CCC(OC(c2ccccc2)c2ccccc2)CC1. The van der Waals surface area contributed by atoms with Crippen molar-refractivity contribution in [3.63, 3.8) is 0 Å². The summed E-state index contributed by atoms with van der Waals surface area (Å²) < 4.78 is 25.5. The quantitative estimate of drug-likeness (QED) is 0.216. The first-order valence-corrected chi connectivity index (χ1v) is 11.6. The number of piperidine rings is 1. The summed E-state index contributed by atoms with van der Waals surface area (Å²) in [6.45, 7) is 2.95. The topological polar surface area (TPSA) is 64.8 Å². The Balaban J connectivity index is 1.25. The number of likely N-dealkylation sites (tertiary alicyclic amines) is 1. The number of nitrogens with zero attached hydrogens (tertiary/aromatic N) is 2. The second kappa shape index (κ2) is 11.7. The number of halogens is 1. The number of nitro groups is 1. The molecule has 0 saturated carbocycles. The molecule has 1 heterocycles. The summed E-state index contributed by atoms with van der Waals surface area (Å²) in [5.41, 5.74) is 2.09. The Kier molecular flexibility index (Phi) is 8.22. The number of benzene rings is 3. The average Bonchev–Trinajstić information content (AvgIpc) is 2.87. The van der Waals surface area contributed by atoms with Gasteiger partial charge in [0.1, 0.15) is 11.9 Å². The van der Waals surface area contributed by atoms with Crippen LogP contribution in [-0.4, -0.2) is 42.2 Å². The van der Waals surface area contributed by atoms with Crippen LogP contribution in [0, 0.1) is 15.9 Å². The third kappa shape index (κ3) is 6.40. The summed E-state index contributed by atoms with van der Waals surface area (Å²) in [7, 11) is 0. The van der Waals surface area contributed by atoms with Gasteiger partial charge in [-0.2, -0.15) is 0 Å². The van der Waals surface area contributed by atoms with E-state index >= 15 is 0 Å². The van der Waals surface area contributed by atoms with Gasteiger partial charge in [0, 0.05) is 31.8 Å². The lowest BCUT2D eigenvalue weighted by Gasteiger charge is -2.34. The molecule has 0 N–H and O–H groups in total. The first-order chi connectivity index (χ1) is 16.6. The van der Waals surface area contributed by atoms with Gasteiger partial charge in [0.2, 0.25) is 0 Å². The average molecular weight is 465 g/mol. The van der Waals surface area contributed by atoms with E-state index in [2.05, 4.69) is 29.2 Å². The normalized spacial score (nSPS) is 14.9. The summed E-state index contributed by atoms with van der Waals surface area (Å²) >= 11 is 0. The molecule has 0 bridgehead atoms. The lowest BCUT2D eigenvalue weighted by atomic mass is 10.00. The molecule has 1 saturated heterocycles. The summed E-state index contributed by atoms with van der Waals surface area (Å²) in [6.07, 6.45) is 2.66. The van der Waals surface area contributed by atoms with Crippen LogP contribution in [0.15, 0.2) is 78.9 Å². The van der Waals surface area contributed by atoms with E-state index in [-0.39, 0.29) is 23.6 Å². The highest BCUT2D eigenvalue weighted by Crippen LogP contribution is 2.30. The number of ether oxygens (including phenoxy) is 2. The maximum Gasteiger partial charge on any atom is 0.311 e. The van der Waals surface area contributed by atoms with E-state index in [1.807, 2.05) is 36.4 Å². The van der Waals surface area contributed by atoms with Crippen LogP contribution in [0.1, 0.15) is 36.5 Å². The Morgan fingerprint density at radius 3 is 2.18 bits per heavy atom. The first-order valence-electron chi connectivity index (χ1n) is 11.6. The maximum atomic E-state index is 13.4. The standard InChI is InChI=1S/C27H29FN2O4/c28-23-12-13-25(30(31)32)26(20-23)33-19-7-16-29-17-14-24(15-18-29)34-27(21-8-3-1-4-9-21)22-10-5-2-6-11-22/h1-6,8-13,20,24,27H,7,14-19H2. The maximum absolute atomic E-state index is 13.4. The van der Waals surface area contributed by atoms with Crippen molar-refractivity contribution in [1.29, 1.82) is 0 Å². The molecule has 0 atom stereocenters. The molecule has 0 aliphatic carbocycles. The van der Waals surface area contributed by atoms with Crippen LogP contribution in [0.5, 0.6) is 5.75 Å². The van der Waals surface area contributed by atoms with Gasteiger partial charge in [-0.1, -0.05) is 60.7 Å². The van der Waals surface area contributed by atoms with E-state index in [0.717, 1.165) is 61.8 Å². The molecule has 1 aliphatic rings. The van der Waals surface area contributed by atoms with Gasteiger partial charge in [0.05, 0.1) is 17.6 Å². The molecule has 34 heavy (non-hydrogen) atoms. The number of hydrogen-bond acceptors (Lipinski definition) is 5. The molecular formula is C27H29FN2O4. The minimum Gasteiger partial charge on any atom is -0.487 e. The molecule has 7 heteroatoms. The van der Waals surface area contributed by atoms with Crippen LogP contribution in [0.25, 0.3) is 0 Å². The van der Waals surface area contributed by atoms with Crippen LogP contribution in [0.3, 0.4) is 0 Å². The van der Waals surface area contributed by atoms with E-state index in [4.69, 9.17) is 9.47 Å². The Bertz CT molecular complexity index is 1020. The molecule has 0 radical (unpaired) electrons. The third-order valence-corrected chi connectivity index (χ3v) is 6.06. The van der Waals surface area contributed by atoms with Gasteiger partial charge < -0.3 is 14.4 Å². The van der Waals surface area contributed by atoms with Crippen LogP contribution in [-0.2, 0) is 4.74 Å². The van der Waals surface area contributed by atoms with Gasteiger partial charge in [-0.05, 0) is 36.5 Å². The van der Waals surface area contributed by atoms with Gasteiger partial charge in [0.25, 0.3) is 0 Å². The molecule has 1 aliphatic heterocycles. The van der Waals surface area contributed by atoms with E-state index in [1.165, 1.54) is 0 Å². The van der Waals surface area contributed by atoms with Gasteiger partial charge >= 0.3 is 5.69 Å². The lowest BCUT2D eigenvalue weighted by molar-refractivity contribution is -0.385. The molecular weight excluding hydrogens is 435 g/mol. The zero-order valence-electron chi connectivity index (χ0n) is 19.0. The fourth-order valence-corrected chi connectivity index (χ4v) is 4.29. The summed E-state index contributed by atoms with van der Waals surface area (Å²) in [5, 5.41) is 11.1. The number of nitro benzene ring substituents is 1. The molecule has 1 fully saturated rings. The predicted octanol–water partition coefficient (Wildman–Crippen LogP) is 5.77. The van der Waals surface area contributed by atoms with Gasteiger partial charge in [0.15, 0.2) is 5.75 Å². The van der Waals surface area contributed by atoms with Crippen LogP contribution >= 0.6 is 0 Å². The lowest BCUT2D eigenvalue weighted by Crippen LogP contribution is -2.38. The highest BCUT2D eigenvalue weighted by atomic mass is 19.1. The zero-order valence-corrected chi connectivity index (χ0v) is 19.0. The minimum absolute atomic E-state index is 0.0232. The Morgan fingerprint density at radius 1 is 0.971 bits per heavy atom. The highest BCUT2D eigenvalue weighted by Gasteiger charge is 2.24. The fraction of sp³-hybridized carbons (Fsp3) is 0.333. The van der Waals surface area contributed by atoms with Gasteiger partial charge in [-0.3, -0.25) is 10.1 Å². The van der Waals surface area contributed by atoms with Crippen molar-refractivity contribution >= 4 is 5.69 Å². The van der Waals surface area contributed by atoms with Crippen molar-refractivity contribution in [2.45, 2.75) is 31.5 Å². The van der Waals surface area contributed by atoms with Crippen LogP contribution in [0.2, 0.25) is 0 Å². The van der Waals surface area contributed by atoms with Crippen molar-refractivity contribution in [2.75, 3.05) is 26.2 Å². The van der Waals surface area contributed by atoms with Crippen LogP contribution in [0.4, 0.5) is 10.1 Å². The number of hydrogen-bond donors (Lipinski definition) is 0. The molecule has 3 aromatic rings. The Labute approximate surface area is 199 Å². The zero-order chi connectivity index (χ0) is 23.8. The first kappa shape index (κ1) is 23.9. The summed E-state index contributed by atoms with van der Waals surface area (Å²) in [6, 6.07) is 23.9. The molecule has 3 aromatic carbocycles. The van der Waals surface area contributed by atoms with Crippen LogP contribution < -0.4 is 4.74 Å². The molecule has 0 aromatic heterocycles. The summed E-state index contributed by atoms with van der Waals surface area (Å²) in [4.78, 5) is 12.9. The van der Waals surface area contributed by atoms with Gasteiger partial charge in [-0.15, -0.1) is 0 Å². The Hall–Kier alpha value is -3.29. The smallest absolute Gasteiger partial charge is 0.311 e. The van der Waals surface area contributed by atoms with Crippen molar-refractivity contribution in [1.82, 2.24) is 4.90 Å². The Morgan fingerprint density at radius 2 is 1.59 bits per heavy atom. The van der Waals surface area contributed by atoms with E-state index in [0.29, 0.717) is 13.0 Å². The third-order valence-electron chi connectivity index (χ3n) is 6.06. The minimum atomic E-state index is -0.558. The monoisotopic (exact) mass is 464 g/mol. The van der Waals surface area contributed by atoms with E-state index < -0.39 is 10.7 Å². The molecule has 0 unspecified atom stereocenters. The van der Waals surface area contributed by atoms with Crippen molar-refractivity contribution < 1.29 is 18.8 Å². The highest BCUT2D eigenvalue weighted by molar-refractivity contribution is 5.46. The molecule has 6 nitrogen and oxygen atoms in total. The van der Waals surface area contributed by atoms with E-state index in [1.54, 1.807) is 0 Å². The predicted molar refractivity (Wildman–Crippen MR) is 128 cm³/mol. The second-order valence-corrected chi connectivity index (χ2v) is 8.45. The van der Waals surface area contributed by atoms with Crippen molar-refractivity contribution in [2.24, 2.45) is 0 Å². The largest absolute Gasteiger partial charge is 0.487 e. The van der Waals surface area contributed by atoms with E-state index in [9.17, 15) is 14.5 Å².